The molecule has 0 atom stereocenters. The Morgan fingerprint density at radius 3 is 2.35 bits per heavy atom. The lowest BCUT2D eigenvalue weighted by atomic mass is 10.0. The van der Waals surface area contributed by atoms with Gasteiger partial charge in [0.1, 0.15) is 0 Å². The minimum absolute atomic E-state index is 0.0843. The van der Waals surface area contributed by atoms with E-state index in [1.54, 1.807) is 4.90 Å². The van der Waals surface area contributed by atoms with Gasteiger partial charge in [0, 0.05) is 25.6 Å². The quantitative estimate of drug-likeness (QED) is 0.907. The molecular weight excluding hydrogens is 292 g/mol. The number of benzene rings is 1. The second kappa shape index (κ2) is 8.56. The summed E-state index contributed by atoms with van der Waals surface area (Å²) in [4.78, 5) is 25.2. The van der Waals surface area contributed by atoms with E-state index >= 15 is 0 Å². The normalized spacial score (nSPS) is 15.3. The SMILES string of the molecule is CCc1ccc(CCC(=O)NC2CCN(C(=O)OC)CC2)cc1. The van der Waals surface area contributed by atoms with Gasteiger partial charge in [-0.15, -0.1) is 0 Å². The van der Waals surface area contributed by atoms with Crippen molar-refractivity contribution in [1.29, 1.82) is 0 Å². The number of amides is 2. The zero-order valence-electron chi connectivity index (χ0n) is 14.0. The highest BCUT2D eigenvalue weighted by molar-refractivity contribution is 5.76. The predicted molar refractivity (Wildman–Crippen MR) is 89.3 cm³/mol. The molecule has 0 unspecified atom stereocenters. The maximum absolute atomic E-state index is 12.1. The molecular formula is C18H26N2O3. The number of hydrogen-bond donors (Lipinski definition) is 1. The van der Waals surface area contributed by atoms with Crippen LogP contribution in [0.1, 0.15) is 37.3 Å². The minimum Gasteiger partial charge on any atom is -0.453 e. The first-order valence-corrected chi connectivity index (χ1v) is 8.32. The van der Waals surface area contributed by atoms with Crippen LogP contribution in [-0.4, -0.2) is 43.1 Å². The number of hydrogen-bond acceptors (Lipinski definition) is 3. The number of piperidine rings is 1. The van der Waals surface area contributed by atoms with Gasteiger partial charge in [0.15, 0.2) is 0 Å². The Bertz CT molecular complexity index is 520. The van der Waals surface area contributed by atoms with Crippen LogP contribution in [0.5, 0.6) is 0 Å². The van der Waals surface area contributed by atoms with Gasteiger partial charge in [-0.3, -0.25) is 4.79 Å². The van der Waals surface area contributed by atoms with Crippen molar-refractivity contribution in [3.63, 3.8) is 0 Å². The largest absolute Gasteiger partial charge is 0.453 e. The van der Waals surface area contributed by atoms with Crippen molar-refractivity contribution in [3.8, 4) is 0 Å². The Labute approximate surface area is 138 Å². The van der Waals surface area contributed by atoms with E-state index in [1.165, 1.54) is 18.2 Å². The molecule has 0 aromatic heterocycles. The highest BCUT2D eigenvalue weighted by Gasteiger charge is 2.23. The summed E-state index contributed by atoms with van der Waals surface area (Å²) in [6.45, 7) is 3.40. The molecule has 1 aliphatic rings. The number of carbonyl (C=O) groups excluding carboxylic acids is 2. The molecule has 1 saturated heterocycles. The van der Waals surface area contributed by atoms with Crippen LogP contribution in [-0.2, 0) is 22.4 Å². The number of rotatable bonds is 5. The van der Waals surface area contributed by atoms with Crippen molar-refractivity contribution in [3.05, 3.63) is 35.4 Å². The van der Waals surface area contributed by atoms with E-state index in [4.69, 9.17) is 4.74 Å². The Kier molecular flexibility index (Phi) is 6.44. The summed E-state index contributed by atoms with van der Waals surface area (Å²) in [5, 5.41) is 3.07. The lowest BCUT2D eigenvalue weighted by Crippen LogP contribution is -2.46. The first kappa shape index (κ1) is 17.3. The average molecular weight is 318 g/mol. The smallest absolute Gasteiger partial charge is 0.409 e. The van der Waals surface area contributed by atoms with Gasteiger partial charge in [-0.25, -0.2) is 4.79 Å². The second-order valence-corrected chi connectivity index (χ2v) is 5.97. The molecule has 5 nitrogen and oxygen atoms in total. The predicted octanol–water partition coefficient (Wildman–Crippen LogP) is 2.53. The molecule has 1 aromatic carbocycles. The molecule has 1 aliphatic heterocycles. The van der Waals surface area contributed by atoms with Crippen LogP contribution in [0.15, 0.2) is 24.3 Å². The second-order valence-electron chi connectivity index (χ2n) is 5.97. The van der Waals surface area contributed by atoms with E-state index in [0.717, 1.165) is 25.7 Å². The van der Waals surface area contributed by atoms with Gasteiger partial charge in [0.2, 0.25) is 5.91 Å². The molecule has 126 valence electrons. The van der Waals surface area contributed by atoms with E-state index in [0.29, 0.717) is 19.5 Å². The Morgan fingerprint density at radius 2 is 1.78 bits per heavy atom. The van der Waals surface area contributed by atoms with Crippen LogP contribution in [0.2, 0.25) is 0 Å². The van der Waals surface area contributed by atoms with E-state index in [9.17, 15) is 9.59 Å². The summed E-state index contributed by atoms with van der Waals surface area (Å²) in [5.41, 5.74) is 2.51. The summed E-state index contributed by atoms with van der Waals surface area (Å²) < 4.78 is 4.71. The summed E-state index contributed by atoms with van der Waals surface area (Å²) in [6, 6.07) is 8.60. The lowest BCUT2D eigenvalue weighted by molar-refractivity contribution is -0.122. The summed E-state index contributed by atoms with van der Waals surface area (Å²) in [7, 11) is 1.39. The third kappa shape index (κ3) is 5.27. The topological polar surface area (TPSA) is 58.6 Å². The van der Waals surface area contributed by atoms with Crippen molar-refractivity contribution in [2.75, 3.05) is 20.2 Å². The van der Waals surface area contributed by atoms with Crippen molar-refractivity contribution >= 4 is 12.0 Å². The number of ether oxygens (including phenoxy) is 1. The highest BCUT2D eigenvalue weighted by atomic mass is 16.5. The highest BCUT2D eigenvalue weighted by Crippen LogP contribution is 2.12. The molecule has 5 heteroatoms. The molecule has 2 amide bonds. The first-order chi connectivity index (χ1) is 11.1. The van der Waals surface area contributed by atoms with Crippen molar-refractivity contribution < 1.29 is 14.3 Å². The van der Waals surface area contributed by atoms with Gasteiger partial charge in [0.25, 0.3) is 0 Å². The Hall–Kier alpha value is -2.04. The molecule has 2 rings (SSSR count). The van der Waals surface area contributed by atoms with Gasteiger partial charge in [0.05, 0.1) is 7.11 Å². The summed E-state index contributed by atoms with van der Waals surface area (Å²) in [5.74, 6) is 0.0843. The van der Waals surface area contributed by atoms with E-state index < -0.39 is 0 Å². The Morgan fingerprint density at radius 1 is 1.17 bits per heavy atom. The first-order valence-electron chi connectivity index (χ1n) is 8.32. The molecule has 1 aromatic rings. The molecule has 0 spiro atoms. The van der Waals surface area contributed by atoms with Gasteiger partial charge in [-0.2, -0.15) is 0 Å². The molecule has 1 N–H and O–H groups in total. The number of nitrogens with zero attached hydrogens (tertiary/aromatic N) is 1. The van der Waals surface area contributed by atoms with Gasteiger partial charge >= 0.3 is 6.09 Å². The molecule has 0 bridgehead atoms. The number of aryl methyl sites for hydroxylation is 2. The molecule has 0 radical (unpaired) electrons. The Balaban J connectivity index is 1.70. The fourth-order valence-electron chi connectivity index (χ4n) is 2.83. The number of likely N-dealkylation sites (tertiary alicyclic amines) is 1. The zero-order valence-corrected chi connectivity index (χ0v) is 14.0. The number of methoxy groups -OCH3 is 1. The van der Waals surface area contributed by atoms with E-state index in [1.807, 2.05) is 0 Å². The summed E-state index contributed by atoms with van der Waals surface area (Å²) >= 11 is 0. The zero-order chi connectivity index (χ0) is 16.7. The van der Waals surface area contributed by atoms with Crippen molar-refractivity contribution in [1.82, 2.24) is 10.2 Å². The average Bonchev–Trinajstić information content (AvgIpc) is 2.60. The minimum atomic E-state index is -0.287. The van der Waals surface area contributed by atoms with Crippen LogP contribution in [0.25, 0.3) is 0 Å². The van der Waals surface area contributed by atoms with E-state index in [2.05, 4.69) is 36.5 Å². The number of nitrogens with one attached hydrogen (secondary N) is 1. The third-order valence-corrected chi connectivity index (χ3v) is 4.36. The molecule has 1 fully saturated rings. The molecule has 1 heterocycles. The third-order valence-electron chi connectivity index (χ3n) is 4.36. The fraction of sp³-hybridized carbons (Fsp3) is 0.556. The van der Waals surface area contributed by atoms with Crippen molar-refractivity contribution in [2.45, 2.75) is 45.1 Å². The molecule has 0 saturated carbocycles. The summed E-state index contributed by atoms with van der Waals surface area (Å²) in [6.07, 6.45) is 3.58. The lowest BCUT2D eigenvalue weighted by Gasteiger charge is -2.31. The van der Waals surface area contributed by atoms with Crippen LogP contribution in [0.4, 0.5) is 4.79 Å². The van der Waals surface area contributed by atoms with Gasteiger partial charge < -0.3 is 15.0 Å². The molecule has 23 heavy (non-hydrogen) atoms. The van der Waals surface area contributed by atoms with Crippen LogP contribution < -0.4 is 5.32 Å². The standard InChI is InChI=1S/C18H26N2O3/c1-3-14-4-6-15(7-5-14)8-9-17(21)19-16-10-12-20(13-11-16)18(22)23-2/h4-7,16H,3,8-13H2,1-2H3,(H,19,21). The van der Waals surface area contributed by atoms with Crippen LogP contribution in [0.3, 0.4) is 0 Å². The van der Waals surface area contributed by atoms with Crippen LogP contribution >= 0.6 is 0 Å². The monoisotopic (exact) mass is 318 g/mol. The fourth-order valence-corrected chi connectivity index (χ4v) is 2.83. The van der Waals surface area contributed by atoms with E-state index in [-0.39, 0.29) is 18.0 Å². The number of carbonyl (C=O) groups is 2. The molecule has 0 aliphatic carbocycles. The van der Waals surface area contributed by atoms with Gasteiger partial charge in [-0.1, -0.05) is 31.2 Å². The maximum Gasteiger partial charge on any atom is 0.409 e. The maximum atomic E-state index is 12.1. The van der Waals surface area contributed by atoms with Gasteiger partial charge in [-0.05, 0) is 36.8 Å². The van der Waals surface area contributed by atoms with Crippen molar-refractivity contribution in [2.24, 2.45) is 0 Å². The van der Waals surface area contributed by atoms with Crippen LogP contribution in [0, 0.1) is 0 Å².